The molecule has 20 heavy (non-hydrogen) atoms. The fourth-order valence-corrected chi connectivity index (χ4v) is 2.44. The van der Waals surface area contributed by atoms with Crippen LogP contribution in [0.1, 0.15) is 25.5 Å². The largest absolute Gasteiger partial charge is 0.504 e. The van der Waals surface area contributed by atoms with Crippen LogP contribution in [0, 0.1) is 0 Å². The van der Waals surface area contributed by atoms with Gasteiger partial charge in [-0.05, 0) is 13.8 Å². The van der Waals surface area contributed by atoms with Gasteiger partial charge in [-0.15, -0.1) is 0 Å². The van der Waals surface area contributed by atoms with Gasteiger partial charge in [-0.25, -0.2) is 0 Å². The average Bonchev–Trinajstić information content (AvgIpc) is 2.66. The molecule has 6 nitrogen and oxygen atoms in total. The molecule has 0 aliphatic carbocycles. The summed E-state index contributed by atoms with van der Waals surface area (Å²) in [5, 5.41) is 19.3. The Labute approximate surface area is 117 Å². The Morgan fingerprint density at radius 1 is 1.30 bits per heavy atom. The first kappa shape index (κ1) is 14.7. The van der Waals surface area contributed by atoms with Crippen LogP contribution >= 0.6 is 0 Å². The van der Waals surface area contributed by atoms with Gasteiger partial charge in [0.25, 0.3) is 0 Å². The molecule has 1 atom stereocenters. The topological polar surface area (TPSA) is 77.4 Å². The third-order valence-corrected chi connectivity index (χ3v) is 3.29. The lowest BCUT2D eigenvalue weighted by Gasteiger charge is -2.26. The van der Waals surface area contributed by atoms with Crippen LogP contribution in [-0.4, -0.2) is 43.2 Å². The summed E-state index contributed by atoms with van der Waals surface area (Å²) < 4.78 is 21.8. The first-order valence-corrected chi connectivity index (χ1v) is 6.35. The van der Waals surface area contributed by atoms with E-state index in [1.807, 2.05) is 13.8 Å². The van der Waals surface area contributed by atoms with Crippen LogP contribution in [0.25, 0.3) is 0 Å². The lowest BCUT2D eigenvalue weighted by molar-refractivity contribution is -0.0610. The Morgan fingerprint density at radius 3 is 2.55 bits per heavy atom. The Kier molecular flexibility index (Phi) is 3.96. The number of fused-ring (bicyclic) bond motifs is 1. The van der Waals surface area contributed by atoms with Gasteiger partial charge in [0.05, 0.1) is 33.0 Å². The molecule has 0 amide bonds. The number of hydrogen-bond donors (Lipinski definition) is 2. The Bertz CT molecular complexity index is 497. The number of aliphatic hydroxyl groups is 1. The van der Waals surface area contributed by atoms with Crippen molar-refractivity contribution >= 4 is 0 Å². The molecule has 1 aromatic carbocycles. The minimum absolute atomic E-state index is 0.0598. The molecule has 1 aliphatic heterocycles. The quantitative estimate of drug-likeness (QED) is 0.855. The SMILES string of the molecule is COc1cc2c(c(O)c1OC)C(OCCO)C(C)(C)O2. The summed E-state index contributed by atoms with van der Waals surface area (Å²) >= 11 is 0. The highest BCUT2D eigenvalue weighted by Crippen LogP contribution is 2.55. The second-order valence-corrected chi connectivity index (χ2v) is 5.05. The first-order valence-electron chi connectivity index (χ1n) is 6.35. The maximum Gasteiger partial charge on any atom is 0.203 e. The average molecular weight is 284 g/mol. The van der Waals surface area contributed by atoms with E-state index >= 15 is 0 Å². The van der Waals surface area contributed by atoms with Crippen LogP contribution in [-0.2, 0) is 4.74 Å². The molecule has 0 radical (unpaired) electrons. The smallest absolute Gasteiger partial charge is 0.203 e. The number of methoxy groups -OCH3 is 2. The van der Waals surface area contributed by atoms with Gasteiger partial charge in [-0.1, -0.05) is 0 Å². The van der Waals surface area contributed by atoms with Crippen molar-refractivity contribution in [1.29, 1.82) is 0 Å². The number of aromatic hydroxyl groups is 1. The molecule has 6 heteroatoms. The molecule has 0 fully saturated rings. The zero-order valence-electron chi connectivity index (χ0n) is 12.1. The molecule has 2 N–H and O–H groups in total. The van der Waals surface area contributed by atoms with Crippen LogP contribution < -0.4 is 14.2 Å². The van der Waals surface area contributed by atoms with Crippen molar-refractivity contribution < 1.29 is 29.2 Å². The molecule has 0 aromatic heterocycles. The van der Waals surface area contributed by atoms with E-state index in [9.17, 15) is 5.11 Å². The molecule has 0 saturated heterocycles. The fraction of sp³-hybridized carbons (Fsp3) is 0.571. The summed E-state index contributed by atoms with van der Waals surface area (Å²) in [6.45, 7) is 3.77. The molecule has 1 aliphatic rings. The molecular weight excluding hydrogens is 264 g/mol. The molecular formula is C14H20O6. The van der Waals surface area contributed by atoms with Gasteiger partial charge in [0.15, 0.2) is 11.5 Å². The Morgan fingerprint density at radius 2 is 2.00 bits per heavy atom. The van der Waals surface area contributed by atoms with E-state index in [0.717, 1.165) is 0 Å². The van der Waals surface area contributed by atoms with E-state index in [1.165, 1.54) is 14.2 Å². The number of benzene rings is 1. The summed E-state index contributed by atoms with van der Waals surface area (Å²) in [5.41, 5.74) is -0.145. The highest BCUT2D eigenvalue weighted by atomic mass is 16.6. The van der Waals surface area contributed by atoms with Crippen LogP contribution in [0.5, 0.6) is 23.0 Å². The molecule has 1 heterocycles. The number of hydrogen-bond acceptors (Lipinski definition) is 6. The van der Waals surface area contributed by atoms with Gasteiger partial charge in [0.2, 0.25) is 5.75 Å². The van der Waals surface area contributed by atoms with Crippen molar-refractivity contribution in [2.24, 2.45) is 0 Å². The molecule has 2 rings (SSSR count). The monoisotopic (exact) mass is 284 g/mol. The van der Waals surface area contributed by atoms with Gasteiger partial charge in [-0.3, -0.25) is 0 Å². The number of ether oxygens (including phenoxy) is 4. The highest BCUT2D eigenvalue weighted by Gasteiger charge is 2.45. The maximum absolute atomic E-state index is 10.4. The number of aliphatic hydroxyl groups excluding tert-OH is 1. The van der Waals surface area contributed by atoms with Gasteiger partial charge < -0.3 is 29.2 Å². The lowest BCUT2D eigenvalue weighted by atomic mass is 9.96. The van der Waals surface area contributed by atoms with E-state index in [2.05, 4.69) is 0 Å². The zero-order valence-corrected chi connectivity index (χ0v) is 12.1. The van der Waals surface area contributed by atoms with Crippen LogP contribution in [0.3, 0.4) is 0 Å². The lowest BCUT2D eigenvalue weighted by Crippen LogP contribution is -2.32. The predicted octanol–water partition coefficient (Wildman–Crippen LogP) is 1.63. The van der Waals surface area contributed by atoms with Crippen LogP contribution in [0.4, 0.5) is 0 Å². The Balaban J connectivity index is 2.52. The summed E-state index contributed by atoms with van der Waals surface area (Å²) in [7, 11) is 2.94. The molecule has 1 aromatic rings. The summed E-state index contributed by atoms with van der Waals surface area (Å²) in [5.74, 6) is 1.07. The zero-order chi connectivity index (χ0) is 14.9. The number of phenolic OH excluding ortho intramolecular Hbond substituents is 1. The number of rotatable bonds is 5. The molecule has 1 unspecified atom stereocenters. The fourth-order valence-electron chi connectivity index (χ4n) is 2.44. The van der Waals surface area contributed by atoms with Crippen LogP contribution in [0.2, 0.25) is 0 Å². The van der Waals surface area contributed by atoms with E-state index < -0.39 is 11.7 Å². The molecule has 0 saturated carbocycles. The molecule has 112 valence electrons. The second-order valence-electron chi connectivity index (χ2n) is 5.05. The van der Waals surface area contributed by atoms with Gasteiger partial charge in [0.1, 0.15) is 17.5 Å². The maximum atomic E-state index is 10.4. The standard InChI is InChI=1S/C14H20O6/c1-14(2)13(19-6-5-15)10-8(20-14)7-9(17-3)12(18-4)11(10)16/h7,13,15-16H,5-6H2,1-4H3. The normalized spacial score (nSPS) is 19.4. The Hall–Kier alpha value is -1.66. The van der Waals surface area contributed by atoms with E-state index in [1.54, 1.807) is 6.07 Å². The van der Waals surface area contributed by atoms with Gasteiger partial charge in [0, 0.05) is 6.07 Å². The summed E-state index contributed by atoms with van der Waals surface area (Å²) in [4.78, 5) is 0. The predicted molar refractivity (Wildman–Crippen MR) is 71.7 cm³/mol. The van der Waals surface area contributed by atoms with E-state index in [0.29, 0.717) is 17.1 Å². The van der Waals surface area contributed by atoms with Gasteiger partial charge in [-0.2, -0.15) is 0 Å². The highest BCUT2D eigenvalue weighted by molar-refractivity contribution is 5.63. The van der Waals surface area contributed by atoms with Crippen molar-refractivity contribution in [1.82, 2.24) is 0 Å². The van der Waals surface area contributed by atoms with E-state index in [-0.39, 0.29) is 24.7 Å². The summed E-state index contributed by atoms with van der Waals surface area (Å²) in [6, 6.07) is 1.66. The number of phenols is 1. The third kappa shape index (κ3) is 2.25. The van der Waals surface area contributed by atoms with E-state index in [4.69, 9.17) is 24.1 Å². The minimum atomic E-state index is -0.660. The summed E-state index contributed by atoms with van der Waals surface area (Å²) in [6.07, 6.45) is -0.496. The third-order valence-electron chi connectivity index (χ3n) is 3.29. The molecule has 0 spiro atoms. The van der Waals surface area contributed by atoms with Crippen molar-refractivity contribution in [2.45, 2.75) is 25.6 Å². The van der Waals surface area contributed by atoms with Crippen molar-refractivity contribution in [3.63, 3.8) is 0 Å². The van der Waals surface area contributed by atoms with Crippen molar-refractivity contribution in [3.05, 3.63) is 11.6 Å². The second kappa shape index (κ2) is 5.38. The van der Waals surface area contributed by atoms with Crippen molar-refractivity contribution in [2.75, 3.05) is 27.4 Å². The van der Waals surface area contributed by atoms with Crippen LogP contribution in [0.15, 0.2) is 6.07 Å². The van der Waals surface area contributed by atoms with Crippen molar-refractivity contribution in [3.8, 4) is 23.0 Å². The first-order chi connectivity index (χ1) is 9.46. The molecule has 0 bridgehead atoms. The minimum Gasteiger partial charge on any atom is -0.504 e. The van der Waals surface area contributed by atoms with Gasteiger partial charge >= 0.3 is 0 Å².